The van der Waals surface area contributed by atoms with E-state index in [-0.39, 0.29) is 11.8 Å². The van der Waals surface area contributed by atoms with Gasteiger partial charge in [0.1, 0.15) is 0 Å². The van der Waals surface area contributed by atoms with E-state index in [1.165, 1.54) is 40.3 Å². The number of likely N-dealkylation sites (tertiary alicyclic amines) is 1. The lowest BCUT2D eigenvalue weighted by atomic mass is 9.76. The molecule has 1 unspecified atom stereocenters. The van der Waals surface area contributed by atoms with Gasteiger partial charge in [-0.05, 0) is 72.9 Å². The number of fused-ring (bicyclic) bond motifs is 2. The second-order valence-electron chi connectivity index (χ2n) is 8.95. The van der Waals surface area contributed by atoms with Gasteiger partial charge < -0.3 is 10.1 Å². The molecule has 5 rings (SSSR count). The highest BCUT2D eigenvalue weighted by Gasteiger charge is 2.35. The van der Waals surface area contributed by atoms with Gasteiger partial charge >= 0.3 is 0 Å². The molecule has 1 saturated heterocycles. The standard InChI is InChI=1S/C26H26ClN3O2/c1-17-14-21-3-2-20-15-22(27)4-5-23(20)24(25(21)28-16-17)18-6-10-29(11-7-18)26(31)19-8-12-30(32)13-9-19/h4-5,8-9,12-16,18,24H,2-3,6-7,10-11H2,1H3. The molecule has 1 aromatic carbocycles. The van der Waals surface area contributed by atoms with Crippen molar-refractivity contribution in [3.8, 4) is 0 Å². The van der Waals surface area contributed by atoms with Gasteiger partial charge in [0.2, 0.25) is 0 Å². The first kappa shape index (κ1) is 21.0. The molecule has 1 aliphatic heterocycles. The van der Waals surface area contributed by atoms with Gasteiger partial charge in [-0.2, -0.15) is 4.73 Å². The maximum atomic E-state index is 12.9. The van der Waals surface area contributed by atoms with Gasteiger partial charge in [-0.1, -0.05) is 23.7 Å². The fraction of sp³-hybridized carbons (Fsp3) is 0.346. The van der Waals surface area contributed by atoms with Crippen molar-refractivity contribution >= 4 is 17.5 Å². The summed E-state index contributed by atoms with van der Waals surface area (Å²) in [6.07, 6.45) is 8.50. The van der Waals surface area contributed by atoms with Crippen LogP contribution in [0.5, 0.6) is 0 Å². The number of carbonyl (C=O) groups is 1. The number of aromatic nitrogens is 2. The van der Waals surface area contributed by atoms with Crippen molar-refractivity contribution in [1.82, 2.24) is 9.88 Å². The summed E-state index contributed by atoms with van der Waals surface area (Å²) in [5.41, 5.74) is 6.91. The van der Waals surface area contributed by atoms with E-state index in [4.69, 9.17) is 16.6 Å². The molecule has 1 aliphatic carbocycles. The Hall–Kier alpha value is -2.92. The molecule has 1 fully saturated rings. The zero-order valence-corrected chi connectivity index (χ0v) is 18.9. The van der Waals surface area contributed by atoms with Crippen LogP contribution >= 0.6 is 11.6 Å². The molecule has 0 N–H and O–H groups in total. The van der Waals surface area contributed by atoms with E-state index in [2.05, 4.69) is 25.1 Å². The number of halogens is 1. The lowest BCUT2D eigenvalue weighted by Crippen LogP contribution is -2.40. The third-order valence-electron chi connectivity index (χ3n) is 6.88. The minimum atomic E-state index is -0.00810. The molecule has 3 aromatic rings. The van der Waals surface area contributed by atoms with Gasteiger partial charge in [-0.3, -0.25) is 9.78 Å². The van der Waals surface area contributed by atoms with Crippen molar-refractivity contribution < 1.29 is 9.52 Å². The van der Waals surface area contributed by atoms with Crippen molar-refractivity contribution in [2.24, 2.45) is 5.92 Å². The zero-order valence-electron chi connectivity index (χ0n) is 18.1. The number of nitrogens with zero attached hydrogens (tertiary/aromatic N) is 3. The molecule has 0 bridgehead atoms. The Morgan fingerprint density at radius 2 is 1.81 bits per heavy atom. The first-order chi connectivity index (χ1) is 15.5. The van der Waals surface area contributed by atoms with E-state index < -0.39 is 0 Å². The number of amides is 1. The van der Waals surface area contributed by atoms with Gasteiger partial charge in [0.05, 0.1) is 11.3 Å². The summed E-state index contributed by atoms with van der Waals surface area (Å²) >= 11 is 6.34. The van der Waals surface area contributed by atoms with Crippen LogP contribution in [-0.2, 0) is 12.8 Å². The van der Waals surface area contributed by atoms with E-state index in [1.807, 2.05) is 17.2 Å². The van der Waals surface area contributed by atoms with E-state index in [1.54, 1.807) is 12.1 Å². The predicted octanol–water partition coefficient (Wildman–Crippen LogP) is 4.46. The average molecular weight is 448 g/mol. The van der Waals surface area contributed by atoms with Crippen molar-refractivity contribution in [3.63, 3.8) is 0 Å². The molecule has 2 aliphatic rings. The first-order valence-electron chi connectivity index (χ1n) is 11.2. The molecule has 2 aromatic heterocycles. The highest BCUT2D eigenvalue weighted by molar-refractivity contribution is 6.30. The van der Waals surface area contributed by atoms with Crippen LogP contribution in [0.15, 0.2) is 55.0 Å². The summed E-state index contributed by atoms with van der Waals surface area (Å²) in [4.78, 5) is 19.7. The Labute approximate surface area is 193 Å². The maximum Gasteiger partial charge on any atom is 0.254 e. The van der Waals surface area contributed by atoms with Gasteiger partial charge in [0.15, 0.2) is 12.4 Å². The Kier molecular flexibility index (Phi) is 5.60. The number of hydrogen-bond acceptors (Lipinski definition) is 3. The quantitative estimate of drug-likeness (QED) is 0.430. The van der Waals surface area contributed by atoms with Gasteiger partial charge in [-0.25, -0.2) is 0 Å². The Balaban J connectivity index is 1.42. The number of carbonyl (C=O) groups excluding carboxylic acids is 1. The fourth-order valence-electron chi connectivity index (χ4n) is 5.28. The third kappa shape index (κ3) is 3.97. The smallest absolute Gasteiger partial charge is 0.254 e. The number of pyridine rings is 2. The van der Waals surface area contributed by atoms with Crippen LogP contribution in [0.25, 0.3) is 0 Å². The monoisotopic (exact) mass is 447 g/mol. The first-order valence-corrected chi connectivity index (χ1v) is 11.6. The van der Waals surface area contributed by atoms with Crippen LogP contribution in [-0.4, -0.2) is 28.9 Å². The average Bonchev–Trinajstić information content (AvgIpc) is 2.95. The Morgan fingerprint density at radius 3 is 2.56 bits per heavy atom. The number of piperidine rings is 1. The molecule has 32 heavy (non-hydrogen) atoms. The second-order valence-corrected chi connectivity index (χ2v) is 9.39. The number of rotatable bonds is 2. The molecule has 5 nitrogen and oxygen atoms in total. The maximum absolute atomic E-state index is 12.9. The summed E-state index contributed by atoms with van der Waals surface area (Å²) in [7, 11) is 0. The van der Waals surface area contributed by atoms with E-state index >= 15 is 0 Å². The lowest BCUT2D eigenvalue weighted by molar-refractivity contribution is -0.605. The van der Waals surface area contributed by atoms with Crippen molar-refractivity contribution in [3.05, 3.63) is 98.7 Å². The molecule has 164 valence electrons. The van der Waals surface area contributed by atoms with Crippen LogP contribution < -0.4 is 4.73 Å². The Bertz CT molecular complexity index is 1100. The number of aryl methyl sites for hydroxylation is 3. The molecule has 1 atom stereocenters. The molecule has 3 heterocycles. The van der Waals surface area contributed by atoms with Crippen LogP contribution in [0.3, 0.4) is 0 Å². The molecule has 0 spiro atoms. The summed E-state index contributed by atoms with van der Waals surface area (Å²) in [5, 5.41) is 12.1. The lowest BCUT2D eigenvalue weighted by Gasteiger charge is -2.36. The second kappa shape index (κ2) is 8.55. The van der Waals surface area contributed by atoms with E-state index in [9.17, 15) is 10.0 Å². The van der Waals surface area contributed by atoms with Gasteiger partial charge in [-0.15, -0.1) is 0 Å². The normalized spacial score (nSPS) is 18.6. The SMILES string of the molecule is Cc1cnc2c(c1)CCc1cc(Cl)ccc1C2C1CCN(C(=O)c2cc[n+]([O-])cc2)CC1. The topological polar surface area (TPSA) is 60.1 Å². The van der Waals surface area contributed by atoms with E-state index in [0.717, 1.165) is 30.7 Å². The minimum absolute atomic E-state index is 0.00810. The molecular weight excluding hydrogens is 422 g/mol. The van der Waals surface area contributed by atoms with Crippen molar-refractivity contribution in [2.75, 3.05) is 13.1 Å². The molecule has 1 amide bonds. The zero-order chi connectivity index (χ0) is 22.2. The highest BCUT2D eigenvalue weighted by atomic mass is 35.5. The van der Waals surface area contributed by atoms with Crippen LogP contribution in [0, 0.1) is 18.0 Å². The van der Waals surface area contributed by atoms with Crippen molar-refractivity contribution in [2.45, 2.75) is 38.5 Å². The van der Waals surface area contributed by atoms with E-state index in [0.29, 0.717) is 29.3 Å². The van der Waals surface area contributed by atoms with Gasteiger partial charge in [0, 0.05) is 42.4 Å². The number of benzene rings is 1. The summed E-state index contributed by atoms with van der Waals surface area (Å²) < 4.78 is 0.699. The van der Waals surface area contributed by atoms with Crippen LogP contribution in [0.1, 0.15) is 57.1 Å². The highest BCUT2D eigenvalue weighted by Crippen LogP contribution is 2.43. The minimum Gasteiger partial charge on any atom is -0.619 e. The molecule has 6 heteroatoms. The molecular formula is C26H26ClN3O2. The molecule has 0 radical (unpaired) electrons. The van der Waals surface area contributed by atoms with Crippen LogP contribution in [0.4, 0.5) is 0 Å². The Morgan fingerprint density at radius 1 is 1.09 bits per heavy atom. The predicted molar refractivity (Wildman–Crippen MR) is 124 cm³/mol. The summed E-state index contributed by atoms with van der Waals surface area (Å²) in [6, 6.07) is 11.7. The fourth-order valence-corrected chi connectivity index (χ4v) is 5.48. The van der Waals surface area contributed by atoms with Crippen LogP contribution in [0.2, 0.25) is 5.02 Å². The largest absolute Gasteiger partial charge is 0.619 e. The summed E-state index contributed by atoms with van der Waals surface area (Å²) in [5.74, 6) is 0.616. The van der Waals surface area contributed by atoms with Crippen molar-refractivity contribution in [1.29, 1.82) is 0 Å². The third-order valence-corrected chi connectivity index (χ3v) is 7.12. The molecule has 0 saturated carbocycles. The van der Waals surface area contributed by atoms with Gasteiger partial charge in [0.25, 0.3) is 5.91 Å². The summed E-state index contributed by atoms with van der Waals surface area (Å²) in [6.45, 7) is 3.51. The number of hydrogen-bond donors (Lipinski definition) is 0.